The molecule has 0 saturated heterocycles. The fourth-order valence-electron chi connectivity index (χ4n) is 3.08. The molecular weight excluding hydrogens is 318 g/mol. The monoisotopic (exact) mass is 339 g/mol. The zero-order chi connectivity index (χ0) is 17.8. The molecule has 0 N–H and O–H groups in total. The molecule has 1 aliphatic heterocycles. The van der Waals surface area contributed by atoms with Gasteiger partial charge in [0.2, 0.25) is 0 Å². The molecule has 0 saturated carbocycles. The number of hydrogen-bond donors (Lipinski definition) is 0. The molecule has 1 aliphatic rings. The van der Waals surface area contributed by atoms with Crippen LogP contribution in [0.25, 0.3) is 0 Å². The molecule has 0 fully saturated rings. The molecule has 5 nitrogen and oxygen atoms in total. The molecule has 1 amide bonds. The lowest BCUT2D eigenvalue weighted by Gasteiger charge is -2.22. The van der Waals surface area contributed by atoms with Crippen molar-refractivity contribution in [1.29, 1.82) is 0 Å². The van der Waals surface area contributed by atoms with Crippen LogP contribution in [0, 0.1) is 0 Å². The summed E-state index contributed by atoms with van der Waals surface area (Å²) in [6.07, 6.45) is 0.814. The van der Waals surface area contributed by atoms with E-state index < -0.39 is 5.97 Å². The first-order valence-electron chi connectivity index (χ1n) is 8.40. The van der Waals surface area contributed by atoms with Gasteiger partial charge in [-0.05, 0) is 56.2 Å². The summed E-state index contributed by atoms with van der Waals surface area (Å²) in [5.41, 5.74) is 2.43. The molecule has 0 radical (unpaired) electrons. The predicted molar refractivity (Wildman–Crippen MR) is 95.0 cm³/mol. The first-order chi connectivity index (χ1) is 12.1. The van der Waals surface area contributed by atoms with Gasteiger partial charge in [-0.3, -0.25) is 4.79 Å². The number of ether oxygens (including phenoxy) is 2. The number of fused-ring (bicyclic) bond motifs is 1. The highest BCUT2D eigenvalue weighted by Crippen LogP contribution is 2.31. The van der Waals surface area contributed by atoms with Gasteiger partial charge in [0.15, 0.2) is 6.61 Å². The molecule has 1 heterocycles. The summed E-state index contributed by atoms with van der Waals surface area (Å²) in [6, 6.07) is 14.6. The van der Waals surface area contributed by atoms with Gasteiger partial charge in [-0.25, -0.2) is 4.79 Å². The Morgan fingerprint density at radius 2 is 1.84 bits per heavy atom. The number of para-hydroxylation sites is 1. The van der Waals surface area contributed by atoms with Crippen LogP contribution in [0.3, 0.4) is 0 Å². The first kappa shape index (κ1) is 17.0. The molecule has 0 unspecified atom stereocenters. The lowest BCUT2D eigenvalue weighted by molar-refractivity contribution is -0.122. The topological polar surface area (TPSA) is 55.8 Å². The average Bonchev–Trinajstić information content (AvgIpc) is 2.96. The highest BCUT2D eigenvalue weighted by molar-refractivity contribution is 5.99. The van der Waals surface area contributed by atoms with Crippen LogP contribution >= 0.6 is 0 Å². The number of benzene rings is 2. The molecule has 1 atom stereocenters. The van der Waals surface area contributed by atoms with E-state index in [1.165, 1.54) is 0 Å². The highest BCUT2D eigenvalue weighted by Gasteiger charge is 2.30. The number of hydrogen-bond acceptors (Lipinski definition) is 4. The molecule has 3 rings (SSSR count). The molecule has 5 heteroatoms. The smallest absolute Gasteiger partial charge is 0.338 e. The lowest BCUT2D eigenvalue weighted by atomic mass is 10.1. The van der Waals surface area contributed by atoms with Crippen molar-refractivity contribution in [3.8, 4) is 5.75 Å². The Hall–Kier alpha value is -2.82. The fraction of sp³-hybridized carbons (Fsp3) is 0.300. The van der Waals surface area contributed by atoms with Crippen molar-refractivity contribution in [1.82, 2.24) is 0 Å². The summed E-state index contributed by atoms with van der Waals surface area (Å²) in [6.45, 7) is 4.18. The van der Waals surface area contributed by atoms with Crippen LogP contribution in [0.1, 0.15) is 29.8 Å². The normalized spacial score (nSPS) is 15.6. The Morgan fingerprint density at radius 3 is 2.56 bits per heavy atom. The number of esters is 1. The van der Waals surface area contributed by atoms with Crippen molar-refractivity contribution in [3.05, 3.63) is 59.7 Å². The molecule has 0 bridgehead atoms. The number of carbonyl (C=O) groups excluding carboxylic acids is 2. The maximum atomic E-state index is 12.5. The van der Waals surface area contributed by atoms with Crippen molar-refractivity contribution in [2.24, 2.45) is 0 Å². The Morgan fingerprint density at radius 1 is 1.12 bits per heavy atom. The van der Waals surface area contributed by atoms with Crippen molar-refractivity contribution >= 4 is 17.6 Å². The average molecular weight is 339 g/mol. The van der Waals surface area contributed by atoms with E-state index in [-0.39, 0.29) is 18.6 Å². The minimum absolute atomic E-state index is 0.0640. The van der Waals surface area contributed by atoms with Crippen LogP contribution < -0.4 is 9.64 Å². The SMILES string of the molecule is CCOc1ccc(C(=O)OCC(=O)N2c3ccccc3C[C@H]2C)cc1. The van der Waals surface area contributed by atoms with Gasteiger partial charge in [-0.15, -0.1) is 0 Å². The standard InChI is InChI=1S/C20H21NO4/c1-3-24-17-10-8-15(9-11-17)20(23)25-13-19(22)21-14(2)12-16-6-4-5-7-18(16)21/h4-11,14H,3,12-13H2,1-2H3/t14-/m1/s1. The van der Waals surface area contributed by atoms with Gasteiger partial charge in [-0.2, -0.15) is 0 Å². The van der Waals surface area contributed by atoms with Gasteiger partial charge in [-0.1, -0.05) is 18.2 Å². The quantitative estimate of drug-likeness (QED) is 0.785. The van der Waals surface area contributed by atoms with E-state index in [4.69, 9.17) is 9.47 Å². The molecule has 2 aromatic rings. The van der Waals surface area contributed by atoms with Crippen molar-refractivity contribution < 1.29 is 19.1 Å². The zero-order valence-corrected chi connectivity index (χ0v) is 14.4. The molecule has 2 aromatic carbocycles. The van der Waals surface area contributed by atoms with Crippen molar-refractivity contribution in [2.75, 3.05) is 18.1 Å². The Balaban J connectivity index is 1.61. The summed E-state index contributed by atoms with van der Waals surface area (Å²) in [7, 11) is 0. The highest BCUT2D eigenvalue weighted by atomic mass is 16.5. The summed E-state index contributed by atoms with van der Waals surface area (Å²) in [4.78, 5) is 26.4. The number of anilines is 1. The summed E-state index contributed by atoms with van der Waals surface area (Å²) >= 11 is 0. The van der Waals surface area contributed by atoms with E-state index in [0.29, 0.717) is 17.9 Å². The Kier molecular flexibility index (Phi) is 5.03. The first-order valence-corrected chi connectivity index (χ1v) is 8.40. The van der Waals surface area contributed by atoms with E-state index in [9.17, 15) is 9.59 Å². The van der Waals surface area contributed by atoms with Gasteiger partial charge < -0.3 is 14.4 Å². The van der Waals surface area contributed by atoms with Crippen molar-refractivity contribution in [2.45, 2.75) is 26.3 Å². The van der Waals surface area contributed by atoms with Crippen LogP contribution in [0.2, 0.25) is 0 Å². The molecule has 0 aliphatic carbocycles. The van der Waals surface area contributed by atoms with Gasteiger partial charge in [0.1, 0.15) is 5.75 Å². The third kappa shape index (κ3) is 3.65. The largest absolute Gasteiger partial charge is 0.494 e. The number of amides is 1. The van der Waals surface area contributed by atoms with Crippen molar-refractivity contribution in [3.63, 3.8) is 0 Å². The maximum absolute atomic E-state index is 12.5. The number of rotatable bonds is 5. The number of carbonyl (C=O) groups is 2. The third-order valence-corrected chi connectivity index (χ3v) is 4.20. The molecule has 130 valence electrons. The molecular formula is C20H21NO4. The Bertz CT molecular complexity index is 770. The molecule has 25 heavy (non-hydrogen) atoms. The summed E-state index contributed by atoms with van der Waals surface area (Å²) < 4.78 is 10.5. The van der Waals surface area contributed by atoms with E-state index in [0.717, 1.165) is 17.7 Å². The van der Waals surface area contributed by atoms with E-state index in [1.54, 1.807) is 29.2 Å². The third-order valence-electron chi connectivity index (χ3n) is 4.20. The van der Waals surface area contributed by atoms with Gasteiger partial charge in [0, 0.05) is 11.7 Å². The van der Waals surface area contributed by atoms with Gasteiger partial charge >= 0.3 is 5.97 Å². The summed E-state index contributed by atoms with van der Waals surface area (Å²) in [5, 5.41) is 0. The minimum Gasteiger partial charge on any atom is -0.494 e. The number of nitrogens with zero attached hydrogens (tertiary/aromatic N) is 1. The zero-order valence-electron chi connectivity index (χ0n) is 14.4. The van der Waals surface area contributed by atoms with Crippen LogP contribution in [0.15, 0.2) is 48.5 Å². The maximum Gasteiger partial charge on any atom is 0.338 e. The van der Waals surface area contributed by atoms with Crippen LogP contribution in [-0.4, -0.2) is 31.1 Å². The minimum atomic E-state index is -0.517. The lowest BCUT2D eigenvalue weighted by Crippen LogP contribution is -2.38. The van der Waals surface area contributed by atoms with E-state index >= 15 is 0 Å². The second-order valence-electron chi connectivity index (χ2n) is 5.98. The van der Waals surface area contributed by atoms with Crippen LogP contribution in [-0.2, 0) is 16.0 Å². The van der Waals surface area contributed by atoms with E-state index in [2.05, 4.69) is 0 Å². The van der Waals surface area contributed by atoms with Crippen LogP contribution in [0.5, 0.6) is 5.75 Å². The van der Waals surface area contributed by atoms with Gasteiger partial charge in [0.05, 0.1) is 12.2 Å². The second-order valence-corrected chi connectivity index (χ2v) is 5.98. The van der Waals surface area contributed by atoms with Crippen LogP contribution in [0.4, 0.5) is 5.69 Å². The predicted octanol–water partition coefficient (Wildman–Crippen LogP) is 3.22. The second kappa shape index (κ2) is 7.38. The molecule has 0 spiro atoms. The molecule has 0 aromatic heterocycles. The fourth-order valence-corrected chi connectivity index (χ4v) is 3.08. The Labute approximate surface area is 147 Å². The van der Waals surface area contributed by atoms with E-state index in [1.807, 2.05) is 38.1 Å². The summed E-state index contributed by atoms with van der Waals surface area (Å²) in [5.74, 6) is -0.0362. The van der Waals surface area contributed by atoms with Gasteiger partial charge in [0.25, 0.3) is 5.91 Å².